The number of nitrogens with zero attached hydrogens (tertiary/aromatic N) is 3. The van der Waals surface area contributed by atoms with Crippen LogP contribution in [0.25, 0.3) is 11.4 Å². The van der Waals surface area contributed by atoms with Gasteiger partial charge in [0, 0.05) is 23.7 Å². The van der Waals surface area contributed by atoms with Crippen molar-refractivity contribution in [2.45, 2.75) is 5.16 Å². The van der Waals surface area contributed by atoms with Crippen molar-refractivity contribution in [3.8, 4) is 11.4 Å². The van der Waals surface area contributed by atoms with Gasteiger partial charge in [0.15, 0.2) is 11.0 Å². The van der Waals surface area contributed by atoms with E-state index in [2.05, 4.69) is 15.5 Å². The first-order valence-corrected chi connectivity index (χ1v) is 9.32. The molecule has 0 spiro atoms. The average Bonchev–Trinajstić information content (AvgIpc) is 2.96. The van der Waals surface area contributed by atoms with Gasteiger partial charge in [0.25, 0.3) is 0 Å². The molecule has 0 saturated carbocycles. The van der Waals surface area contributed by atoms with E-state index in [1.165, 1.54) is 0 Å². The number of thioether (sulfide) groups is 1. The Labute approximate surface area is 167 Å². The lowest BCUT2D eigenvalue weighted by molar-refractivity contribution is -0.113. The zero-order valence-electron chi connectivity index (χ0n) is 13.8. The van der Waals surface area contributed by atoms with Crippen molar-refractivity contribution < 1.29 is 13.6 Å². The summed E-state index contributed by atoms with van der Waals surface area (Å²) in [6.45, 7) is 0. The van der Waals surface area contributed by atoms with Crippen molar-refractivity contribution >= 4 is 46.6 Å². The van der Waals surface area contributed by atoms with Crippen LogP contribution in [0, 0.1) is 11.6 Å². The maximum Gasteiger partial charge on any atom is 0.234 e. The molecule has 0 aliphatic rings. The minimum absolute atomic E-state index is 0.0306. The van der Waals surface area contributed by atoms with Gasteiger partial charge in [0.05, 0.1) is 16.5 Å². The van der Waals surface area contributed by atoms with Gasteiger partial charge in [-0.1, -0.05) is 35.0 Å². The van der Waals surface area contributed by atoms with Gasteiger partial charge in [-0.15, -0.1) is 10.2 Å². The standard InChI is InChI=1S/C17H12Cl2F2N4OS/c1-25-16(11-4-2-9(18)6-12(11)19)23-24-17(25)27-8-15(26)22-14-5-3-10(20)7-13(14)21/h2-7H,8H2,1H3,(H,22,26). The van der Waals surface area contributed by atoms with Gasteiger partial charge >= 0.3 is 0 Å². The highest BCUT2D eigenvalue weighted by atomic mass is 35.5. The number of aromatic nitrogens is 3. The summed E-state index contributed by atoms with van der Waals surface area (Å²) < 4.78 is 28.2. The SMILES string of the molecule is Cn1c(SCC(=O)Nc2ccc(F)cc2F)nnc1-c1ccc(Cl)cc1Cl. The maximum absolute atomic E-state index is 13.6. The molecule has 2 aromatic carbocycles. The van der Waals surface area contributed by atoms with Crippen LogP contribution in [0.1, 0.15) is 0 Å². The zero-order valence-corrected chi connectivity index (χ0v) is 16.2. The number of rotatable bonds is 5. The summed E-state index contributed by atoms with van der Waals surface area (Å²) in [6.07, 6.45) is 0. The van der Waals surface area contributed by atoms with E-state index < -0.39 is 17.5 Å². The average molecular weight is 429 g/mol. The van der Waals surface area contributed by atoms with Crippen LogP contribution in [-0.4, -0.2) is 26.4 Å². The minimum Gasteiger partial charge on any atom is -0.323 e. The van der Waals surface area contributed by atoms with E-state index in [9.17, 15) is 13.6 Å². The summed E-state index contributed by atoms with van der Waals surface area (Å²) in [6, 6.07) is 7.95. The Bertz CT molecular complexity index is 1010. The van der Waals surface area contributed by atoms with Gasteiger partial charge in [0.1, 0.15) is 11.6 Å². The number of carbonyl (C=O) groups is 1. The van der Waals surface area contributed by atoms with Crippen molar-refractivity contribution in [3.63, 3.8) is 0 Å². The molecule has 27 heavy (non-hydrogen) atoms. The van der Waals surface area contributed by atoms with Crippen molar-refractivity contribution in [1.29, 1.82) is 0 Å². The number of hydrogen-bond donors (Lipinski definition) is 1. The second-order valence-corrected chi connectivity index (χ2v) is 7.24. The first kappa shape index (κ1) is 19.6. The highest BCUT2D eigenvalue weighted by molar-refractivity contribution is 7.99. The Balaban J connectivity index is 1.68. The molecule has 0 radical (unpaired) electrons. The Morgan fingerprint density at radius 3 is 2.67 bits per heavy atom. The predicted molar refractivity (Wildman–Crippen MR) is 102 cm³/mol. The van der Waals surface area contributed by atoms with E-state index in [4.69, 9.17) is 23.2 Å². The number of amides is 1. The molecule has 3 aromatic rings. The molecule has 10 heteroatoms. The van der Waals surface area contributed by atoms with Crippen molar-refractivity contribution in [2.75, 3.05) is 11.1 Å². The Morgan fingerprint density at radius 2 is 1.96 bits per heavy atom. The molecule has 0 saturated heterocycles. The Kier molecular flexibility index (Phi) is 5.98. The maximum atomic E-state index is 13.6. The van der Waals surface area contributed by atoms with E-state index in [1.807, 2.05) is 0 Å². The molecule has 0 unspecified atom stereocenters. The van der Waals surface area contributed by atoms with E-state index in [0.29, 0.717) is 32.7 Å². The lowest BCUT2D eigenvalue weighted by Gasteiger charge is -2.07. The van der Waals surface area contributed by atoms with E-state index >= 15 is 0 Å². The summed E-state index contributed by atoms with van der Waals surface area (Å²) >= 11 is 13.2. The van der Waals surface area contributed by atoms with Crippen LogP contribution in [0.4, 0.5) is 14.5 Å². The molecule has 0 bridgehead atoms. The number of anilines is 1. The van der Waals surface area contributed by atoms with Crippen molar-refractivity contribution in [2.24, 2.45) is 7.05 Å². The lowest BCUT2D eigenvalue weighted by Crippen LogP contribution is -2.15. The number of hydrogen-bond acceptors (Lipinski definition) is 4. The fraction of sp³-hybridized carbons (Fsp3) is 0.118. The number of nitrogens with one attached hydrogen (secondary N) is 1. The first-order chi connectivity index (χ1) is 12.8. The molecular formula is C17H12Cl2F2N4OS. The second kappa shape index (κ2) is 8.24. The molecule has 0 aliphatic carbocycles. The van der Waals surface area contributed by atoms with Gasteiger partial charge in [-0.2, -0.15) is 0 Å². The molecule has 1 aromatic heterocycles. The molecule has 0 atom stereocenters. The van der Waals surface area contributed by atoms with Gasteiger partial charge in [-0.05, 0) is 30.3 Å². The summed E-state index contributed by atoms with van der Waals surface area (Å²) in [7, 11) is 1.74. The van der Waals surface area contributed by atoms with Gasteiger partial charge < -0.3 is 9.88 Å². The summed E-state index contributed by atoms with van der Waals surface area (Å²) in [5, 5.41) is 11.9. The van der Waals surface area contributed by atoms with Crippen LogP contribution in [-0.2, 0) is 11.8 Å². The third kappa shape index (κ3) is 4.58. The third-order valence-electron chi connectivity index (χ3n) is 3.54. The summed E-state index contributed by atoms with van der Waals surface area (Å²) in [5.74, 6) is -1.53. The van der Waals surface area contributed by atoms with Crippen molar-refractivity contribution in [3.05, 3.63) is 58.1 Å². The van der Waals surface area contributed by atoms with Gasteiger partial charge in [-0.3, -0.25) is 4.79 Å². The summed E-state index contributed by atoms with van der Waals surface area (Å²) in [5.41, 5.74) is 0.564. The van der Waals surface area contributed by atoms with Crippen LogP contribution >= 0.6 is 35.0 Å². The summed E-state index contributed by atoms with van der Waals surface area (Å²) in [4.78, 5) is 12.0. The van der Waals surface area contributed by atoms with Crippen LogP contribution < -0.4 is 5.32 Å². The fourth-order valence-electron chi connectivity index (χ4n) is 2.25. The lowest BCUT2D eigenvalue weighted by atomic mass is 10.2. The second-order valence-electron chi connectivity index (χ2n) is 5.45. The van der Waals surface area contributed by atoms with Gasteiger partial charge in [-0.25, -0.2) is 8.78 Å². The molecule has 140 valence electrons. The van der Waals surface area contributed by atoms with Gasteiger partial charge in [0.2, 0.25) is 5.91 Å². The number of carbonyl (C=O) groups excluding carboxylic acids is 1. The Hall–Kier alpha value is -2.16. The van der Waals surface area contributed by atoms with Crippen LogP contribution in [0.5, 0.6) is 0 Å². The normalized spacial score (nSPS) is 10.9. The molecule has 1 heterocycles. The number of halogens is 4. The van der Waals surface area contributed by atoms with Crippen LogP contribution in [0.15, 0.2) is 41.6 Å². The number of benzene rings is 2. The van der Waals surface area contributed by atoms with E-state index in [-0.39, 0.29) is 11.4 Å². The van der Waals surface area contributed by atoms with Crippen LogP contribution in [0.2, 0.25) is 10.0 Å². The topological polar surface area (TPSA) is 59.8 Å². The molecule has 0 aliphatic heterocycles. The monoisotopic (exact) mass is 428 g/mol. The molecule has 0 fully saturated rings. The molecule has 5 nitrogen and oxygen atoms in total. The molecule has 1 amide bonds. The third-order valence-corrected chi connectivity index (χ3v) is 5.11. The Morgan fingerprint density at radius 1 is 1.19 bits per heavy atom. The van der Waals surface area contributed by atoms with Crippen LogP contribution in [0.3, 0.4) is 0 Å². The molecule has 1 N–H and O–H groups in total. The quantitative estimate of drug-likeness (QED) is 0.593. The van der Waals surface area contributed by atoms with Crippen molar-refractivity contribution in [1.82, 2.24) is 14.8 Å². The highest BCUT2D eigenvalue weighted by Crippen LogP contribution is 2.30. The highest BCUT2D eigenvalue weighted by Gasteiger charge is 2.16. The van der Waals surface area contributed by atoms with E-state index in [0.717, 1.165) is 23.9 Å². The zero-order chi connectivity index (χ0) is 19.6. The molecular weight excluding hydrogens is 417 g/mol. The molecule has 3 rings (SSSR count). The largest absolute Gasteiger partial charge is 0.323 e. The first-order valence-electron chi connectivity index (χ1n) is 7.57. The smallest absolute Gasteiger partial charge is 0.234 e. The predicted octanol–water partition coefficient (Wildman–Crippen LogP) is 4.80. The minimum atomic E-state index is -0.841. The van der Waals surface area contributed by atoms with E-state index in [1.54, 1.807) is 29.8 Å². The fourth-order valence-corrected chi connectivity index (χ4v) is 3.46.